The van der Waals surface area contributed by atoms with Gasteiger partial charge in [-0.05, 0) is 59.2 Å². The maximum Gasteiger partial charge on any atom is 0.228 e. The topological polar surface area (TPSA) is 54.2 Å². The molecule has 21 heavy (non-hydrogen) atoms. The SMILES string of the molecule is CC(C)N1CCCCC1Cc1nc(C2CCNCC2)no1. The fourth-order valence-corrected chi connectivity index (χ4v) is 3.72. The monoisotopic (exact) mass is 292 g/mol. The summed E-state index contributed by atoms with van der Waals surface area (Å²) in [6, 6.07) is 1.17. The van der Waals surface area contributed by atoms with Crippen LogP contribution in [-0.4, -0.2) is 46.8 Å². The molecule has 3 heterocycles. The van der Waals surface area contributed by atoms with Crippen LogP contribution in [0.15, 0.2) is 4.52 Å². The van der Waals surface area contributed by atoms with Gasteiger partial charge in [-0.1, -0.05) is 11.6 Å². The van der Waals surface area contributed by atoms with Crippen molar-refractivity contribution in [3.05, 3.63) is 11.7 Å². The van der Waals surface area contributed by atoms with Gasteiger partial charge in [0.05, 0.1) is 0 Å². The van der Waals surface area contributed by atoms with Gasteiger partial charge in [0.1, 0.15) is 0 Å². The van der Waals surface area contributed by atoms with Crippen LogP contribution < -0.4 is 5.32 Å². The molecule has 2 fully saturated rings. The van der Waals surface area contributed by atoms with Gasteiger partial charge in [0, 0.05) is 24.4 Å². The molecule has 1 aromatic heterocycles. The van der Waals surface area contributed by atoms with E-state index in [-0.39, 0.29) is 0 Å². The second kappa shape index (κ2) is 6.88. The van der Waals surface area contributed by atoms with E-state index < -0.39 is 0 Å². The van der Waals surface area contributed by atoms with Crippen LogP contribution in [0.4, 0.5) is 0 Å². The number of rotatable bonds is 4. The lowest BCUT2D eigenvalue weighted by molar-refractivity contribution is 0.105. The molecule has 1 atom stereocenters. The molecule has 0 aromatic carbocycles. The van der Waals surface area contributed by atoms with Gasteiger partial charge in [0.25, 0.3) is 0 Å². The van der Waals surface area contributed by atoms with E-state index in [1.54, 1.807) is 0 Å². The van der Waals surface area contributed by atoms with Gasteiger partial charge in [-0.3, -0.25) is 4.90 Å². The number of hydrogen-bond acceptors (Lipinski definition) is 5. The van der Waals surface area contributed by atoms with Gasteiger partial charge in [-0.15, -0.1) is 0 Å². The van der Waals surface area contributed by atoms with Gasteiger partial charge in [0.15, 0.2) is 5.82 Å². The van der Waals surface area contributed by atoms with Crippen LogP contribution >= 0.6 is 0 Å². The Hall–Kier alpha value is -0.940. The molecule has 1 aromatic rings. The summed E-state index contributed by atoms with van der Waals surface area (Å²) < 4.78 is 5.54. The number of nitrogens with zero attached hydrogens (tertiary/aromatic N) is 3. The van der Waals surface area contributed by atoms with Crippen molar-refractivity contribution >= 4 is 0 Å². The number of aromatic nitrogens is 2. The van der Waals surface area contributed by atoms with Gasteiger partial charge < -0.3 is 9.84 Å². The average Bonchev–Trinajstić information content (AvgIpc) is 2.97. The molecule has 0 radical (unpaired) electrons. The molecular weight excluding hydrogens is 264 g/mol. The minimum Gasteiger partial charge on any atom is -0.339 e. The van der Waals surface area contributed by atoms with Crippen molar-refractivity contribution in [1.82, 2.24) is 20.4 Å². The molecule has 0 aliphatic carbocycles. The summed E-state index contributed by atoms with van der Waals surface area (Å²) in [6.45, 7) is 7.91. The number of hydrogen-bond donors (Lipinski definition) is 1. The van der Waals surface area contributed by atoms with E-state index >= 15 is 0 Å². The predicted molar refractivity (Wildman–Crippen MR) is 82.3 cm³/mol. The lowest BCUT2D eigenvalue weighted by Gasteiger charge is -2.38. The second-order valence-corrected chi connectivity index (χ2v) is 6.76. The van der Waals surface area contributed by atoms with Crippen LogP contribution in [0.3, 0.4) is 0 Å². The average molecular weight is 292 g/mol. The Morgan fingerprint density at radius 3 is 2.81 bits per heavy atom. The van der Waals surface area contributed by atoms with Crippen molar-refractivity contribution in [3.63, 3.8) is 0 Å². The molecule has 5 heteroatoms. The quantitative estimate of drug-likeness (QED) is 0.923. The molecule has 2 aliphatic rings. The highest BCUT2D eigenvalue weighted by atomic mass is 16.5. The fourth-order valence-electron chi connectivity index (χ4n) is 3.72. The first-order valence-corrected chi connectivity index (χ1v) is 8.53. The summed E-state index contributed by atoms with van der Waals surface area (Å²) in [4.78, 5) is 7.28. The molecule has 0 saturated carbocycles. The molecule has 0 bridgehead atoms. The van der Waals surface area contributed by atoms with E-state index in [9.17, 15) is 0 Å². The molecular formula is C16H28N4O. The highest BCUT2D eigenvalue weighted by molar-refractivity contribution is 4.99. The van der Waals surface area contributed by atoms with E-state index in [4.69, 9.17) is 4.52 Å². The largest absolute Gasteiger partial charge is 0.339 e. The normalized spacial score (nSPS) is 25.6. The van der Waals surface area contributed by atoms with Crippen LogP contribution in [0.25, 0.3) is 0 Å². The third kappa shape index (κ3) is 3.64. The van der Waals surface area contributed by atoms with E-state index in [0.717, 1.165) is 44.1 Å². The molecule has 0 amide bonds. The smallest absolute Gasteiger partial charge is 0.228 e. The number of nitrogens with one attached hydrogen (secondary N) is 1. The molecule has 1 N–H and O–H groups in total. The Kier molecular flexibility index (Phi) is 4.91. The summed E-state index contributed by atoms with van der Waals surface area (Å²) in [5.74, 6) is 2.25. The number of likely N-dealkylation sites (tertiary alicyclic amines) is 1. The summed E-state index contributed by atoms with van der Waals surface area (Å²) in [5.41, 5.74) is 0. The minimum absolute atomic E-state index is 0.483. The third-order valence-electron chi connectivity index (χ3n) is 4.93. The molecule has 5 nitrogen and oxygen atoms in total. The maximum absolute atomic E-state index is 5.54. The zero-order valence-electron chi connectivity index (χ0n) is 13.3. The van der Waals surface area contributed by atoms with Crippen molar-refractivity contribution < 1.29 is 4.52 Å². The highest BCUT2D eigenvalue weighted by Gasteiger charge is 2.27. The van der Waals surface area contributed by atoms with E-state index in [1.165, 1.54) is 25.8 Å². The minimum atomic E-state index is 0.483. The Labute approximate surface area is 127 Å². The van der Waals surface area contributed by atoms with Crippen molar-refractivity contribution in [1.29, 1.82) is 0 Å². The van der Waals surface area contributed by atoms with Crippen LogP contribution in [0, 0.1) is 0 Å². The lowest BCUT2D eigenvalue weighted by atomic mass is 9.97. The van der Waals surface area contributed by atoms with Crippen molar-refractivity contribution in [2.75, 3.05) is 19.6 Å². The fraction of sp³-hybridized carbons (Fsp3) is 0.875. The van der Waals surface area contributed by atoms with Crippen LogP contribution in [0.2, 0.25) is 0 Å². The first-order chi connectivity index (χ1) is 10.2. The summed E-state index contributed by atoms with van der Waals surface area (Å²) in [6.07, 6.45) is 7.06. The lowest BCUT2D eigenvalue weighted by Crippen LogP contribution is -2.45. The van der Waals surface area contributed by atoms with Gasteiger partial charge in [0.2, 0.25) is 5.89 Å². The van der Waals surface area contributed by atoms with E-state index in [2.05, 4.69) is 34.2 Å². The zero-order valence-corrected chi connectivity index (χ0v) is 13.3. The predicted octanol–water partition coefficient (Wildman–Crippen LogP) is 2.34. The first-order valence-electron chi connectivity index (χ1n) is 8.53. The molecule has 1 unspecified atom stereocenters. The Balaban J connectivity index is 1.63. The zero-order chi connectivity index (χ0) is 14.7. The van der Waals surface area contributed by atoms with Crippen LogP contribution in [-0.2, 0) is 6.42 Å². The molecule has 3 rings (SSSR count). The number of piperidine rings is 2. The van der Waals surface area contributed by atoms with Gasteiger partial charge >= 0.3 is 0 Å². The van der Waals surface area contributed by atoms with Crippen molar-refractivity contribution in [2.45, 2.75) is 70.4 Å². The molecule has 0 spiro atoms. The van der Waals surface area contributed by atoms with Crippen molar-refractivity contribution in [3.8, 4) is 0 Å². The Morgan fingerprint density at radius 1 is 1.24 bits per heavy atom. The first kappa shape index (κ1) is 15.0. The molecule has 2 saturated heterocycles. The molecule has 2 aliphatic heterocycles. The Morgan fingerprint density at radius 2 is 2.05 bits per heavy atom. The second-order valence-electron chi connectivity index (χ2n) is 6.76. The van der Waals surface area contributed by atoms with Crippen LogP contribution in [0.5, 0.6) is 0 Å². The third-order valence-corrected chi connectivity index (χ3v) is 4.93. The highest BCUT2D eigenvalue weighted by Crippen LogP contribution is 2.25. The Bertz CT molecular complexity index is 439. The van der Waals surface area contributed by atoms with Crippen molar-refractivity contribution in [2.24, 2.45) is 0 Å². The van der Waals surface area contributed by atoms with Crippen LogP contribution in [0.1, 0.15) is 63.6 Å². The van der Waals surface area contributed by atoms with E-state index in [1.807, 2.05) is 0 Å². The summed E-state index contributed by atoms with van der Waals surface area (Å²) >= 11 is 0. The summed E-state index contributed by atoms with van der Waals surface area (Å²) in [5, 5.41) is 7.63. The van der Waals surface area contributed by atoms with E-state index in [0.29, 0.717) is 18.0 Å². The summed E-state index contributed by atoms with van der Waals surface area (Å²) in [7, 11) is 0. The van der Waals surface area contributed by atoms with Gasteiger partial charge in [-0.25, -0.2) is 0 Å². The standard InChI is InChI=1S/C16H28N4O/c1-12(2)20-10-4-3-5-14(20)11-15-18-16(19-21-15)13-6-8-17-9-7-13/h12-14,17H,3-11H2,1-2H3. The maximum atomic E-state index is 5.54. The van der Waals surface area contributed by atoms with Gasteiger partial charge in [-0.2, -0.15) is 4.98 Å². The molecule has 118 valence electrons.